The Kier molecular flexibility index (Phi) is 17.2. The monoisotopic (exact) mass is 1140 g/mol. The summed E-state index contributed by atoms with van der Waals surface area (Å²) in [4.78, 5) is 13.1. The fourth-order valence-corrected chi connectivity index (χ4v) is 16.8. The fraction of sp³-hybridized carbons (Fsp3) is 0.944. The third-order valence-corrected chi connectivity index (χ3v) is 21.8. The van der Waals surface area contributed by atoms with Gasteiger partial charge in [-0.25, -0.2) is 4.79 Å². The van der Waals surface area contributed by atoms with Gasteiger partial charge in [0.2, 0.25) is 0 Å². The maximum Gasteiger partial charge on any atom is 0.335 e. The largest absolute Gasteiger partial charge is 0.479 e. The molecule has 9 aliphatic rings. The average Bonchev–Trinajstić information content (AvgIpc) is 3.40. The number of rotatable bonds is 12. The van der Waals surface area contributed by atoms with Gasteiger partial charge in [-0.05, 0) is 96.7 Å². The zero-order valence-corrected chi connectivity index (χ0v) is 46.1. The summed E-state index contributed by atoms with van der Waals surface area (Å²) in [5, 5.41) is 177. The van der Waals surface area contributed by atoms with E-state index in [0.29, 0.717) is 38.5 Å². The van der Waals surface area contributed by atoms with Crippen molar-refractivity contribution >= 4 is 5.97 Å². The smallest absolute Gasteiger partial charge is 0.335 e. The van der Waals surface area contributed by atoms with Gasteiger partial charge in [-0.1, -0.05) is 60.1 Å². The SMILES string of the molecule is CC1OC(OC2C(OC3C(O)C(C(=O)O)OC(OC4CCC5(C)C(CCC6(C)C5CC=C5C7CC(C)(C)C(O)C(O)C7(CO)C(O)CC56C)C4(C)C)C3OC3OC(CO)C(O)C(O)C3O)OC(CO)C(O)C2O)C(O)C(O)C1O. The Morgan fingerprint density at radius 2 is 1.14 bits per heavy atom. The number of aliphatic hydroxyl groups is 15. The Hall–Kier alpha value is -1.71. The van der Waals surface area contributed by atoms with Crippen LogP contribution in [0.4, 0.5) is 0 Å². The first-order valence-corrected chi connectivity index (χ1v) is 28.0. The van der Waals surface area contributed by atoms with Gasteiger partial charge in [-0.15, -0.1) is 0 Å². The van der Waals surface area contributed by atoms with Crippen LogP contribution in [0.2, 0.25) is 0 Å². The van der Waals surface area contributed by atoms with Gasteiger partial charge in [-0.2, -0.15) is 0 Å². The van der Waals surface area contributed by atoms with Crippen LogP contribution in [0.25, 0.3) is 0 Å². The maximum absolute atomic E-state index is 13.1. The van der Waals surface area contributed by atoms with Crippen LogP contribution < -0.4 is 0 Å². The summed E-state index contributed by atoms with van der Waals surface area (Å²) in [6, 6.07) is 0. The topological polar surface area (TPSA) is 415 Å². The van der Waals surface area contributed by atoms with Crippen LogP contribution in [-0.2, 0) is 42.7 Å². The van der Waals surface area contributed by atoms with Crippen molar-refractivity contribution in [3.63, 3.8) is 0 Å². The van der Waals surface area contributed by atoms with Crippen LogP contribution in [-0.4, -0.2) is 255 Å². The number of hydrogen-bond acceptors (Lipinski definition) is 24. The van der Waals surface area contributed by atoms with Crippen LogP contribution in [0.3, 0.4) is 0 Å². The number of carbonyl (C=O) groups is 1. The summed E-state index contributed by atoms with van der Waals surface area (Å²) in [5.74, 6) is -2.19. The number of ether oxygens (including phenoxy) is 8. The van der Waals surface area contributed by atoms with Gasteiger partial charge in [0.05, 0.1) is 55.8 Å². The second kappa shape index (κ2) is 22.0. The van der Waals surface area contributed by atoms with E-state index < -0.39 is 211 Å². The van der Waals surface area contributed by atoms with Crippen molar-refractivity contribution in [1.29, 1.82) is 0 Å². The average molecular weight is 1140 g/mol. The molecule has 0 amide bonds. The Labute approximate surface area is 458 Å². The summed E-state index contributed by atoms with van der Waals surface area (Å²) in [7, 11) is 0. The van der Waals surface area contributed by atoms with E-state index >= 15 is 0 Å². The van der Waals surface area contributed by atoms with E-state index in [-0.39, 0.29) is 18.3 Å². The van der Waals surface area contributed by atoms with Gasteiger partial charge < -0.3 is 120 Å². The quantitative estimate of drug-likeness (QED) is 0.0665. The van der Waals surface area contributed by atoms with Crippen LogP contribution in [0.5, 0.6) is 0 Å². The molecule has 25 heteroatoms. The van der Waals surface area contributed by atoms with Crippen molar-refractivity contribution in [2.45, 2.75) is 248 Å². The lowest BCUT2D eigenvalue weighted by atomic mass is 9.33. The summed E-state index contributed by atoms with van der Waals surface area (Å²) < 4.78 is 48.9. The molecule has 0 aromatic carbocycles. The highest BCUT2D eigenvalue weighted by Gasteiger charge is 2.73. The van der Waals surface area contributed by atoms with E-state index in [1.165, 1.54) is 6.92 Å². The van der Waals surface area contributed by atoms with Gasteiger partial charge in [0.15, 0.2) is 31.3 Å². The first-order chi connectivity index (χ1) is 36.8. The van der Waals surface area contributed by atoms with Crippen LogP contribution in [0.15, 0.2) is 11.6 Å². The standard InChI is InChI=1S/C54H88O25/c1-20-29(59)32(62)35(65)45(72-20)78-40-34(64)31(61)24(18-56)74-47(40)76-38-37(67)39(44(70)71)77-48(41(38)79-46-36(66)33(63)30(60)23(17-55)73-46)75-28-12-13-51(6)25(50(28,4)5)11-14-52(7)26(51)10-9-21-22-15-49(2,3)42(68)43(69)54(22,19-57)27(58)16-53(21,52)8/h9,20,22-43,45-48,55-69H,10-19H2,1-8H3,(H,70,71). The third-order valence-electron chi connectivity index (χ3n) is 21.8. The number of hydrogen-bond donors (Lipinski definition) is 16. The Bertz CT molecular complexity index is 2200. The minimum atomic E-state index is -2.26. The summed E-state index contributed by atoms with van der Waals surface area (Å²) in [6.45, 7) is 13.6. The second-order valence-corrected chi connectivity index (χ2v) is 26.5. The van der Waals surface area contributed by atoms with E-state index in [2.05, 4.69) is 26.8 Å². The first-order valence-electron chi connectivity index (χ1n) is 28.0. The van der Waals surface area contributed by atoms with E-state index in [1.54, 1.807) is 0 Å². The molecular formula is C54H88O25. The molecule has 4 heterocycles. The van der Waals surface area contributed by atoms with Crippen molar-refractivity contribution < 1.29 is 124 Å². The molecule has 0 bridgehead atoms. The van der Waals surface area contributed by atoms with E-state index in [0.717, 1.165) is 5.57 Å². The predicted molar refractivity (Wildman–Crippen MR) is 266 cm³/mol. The molecule has 79 heavy (non-hydrogen) atoms. The van der Waals surface area contributed by atoms with E-state index in [4.69, 9.17) is 37.9 Å². The summed E-state index contributed by atoms with van der Waals surface area (Å²) in [6.07, 6.45) is -36.3. The number of aliphatic carboxylic acids is 1. The highest BCUT2D eigenvalue weighted by atomic mass is 16.8. The highest BCUT2D eigenvalue weighted by molar-refractivity contribution is 5.73. The van der Waals surface area contributed by atoms with Crippen LogP contribution >= 0.6 is 0 Å². The fourth-order valence-electron chi connectivity index (χ4n) is 16.8. The predicted octanol–water partition coefficient (Wildman–Crippen LogP) is -3.53. The number of fused-ring (bicyclic) bond motifs is 7. The molecule has 16 N–H and O–H groups in total. The van der Waals surface area contributed by atoms with Gasteiger partial charge in [0, 0.05) is 0 Å². The molecule has 9 rings (SSSR count). The number of carboxylic acids is 1. The Morgan fingerprint density at radius 1 is 0.582 bits per heavy atom. The molecule has 0 aromatic heterocycles. The maximum atomic E-state index is 13.1. The lowest BCUT2D eigenvalue weighted by molar-refractivity contribution is -0.406. The lowest BCUT2D eigenvalue weighted by Crippen LogP contribution is -2.71. The van der Waals surface area contributed by atoms with Gasteiger partial charge >= 0.3 is 5.97 Å². The minimum Gasteiger partial charge on any atom is -0.479 e. The molecule has 5 aliphatic carbocycles. The van der Waals surface area contributed by atoms with Crippen LogP contribution in [0, 0.1) is 50.2 Å². The van der Waals surface area contributed by atoms with Gasteiger partial charge in [0.1, 0.15) is 85.5 Å². The van der Waals surface area contributed by atoms with Gasteiger partial charge in [0.25, 0.3) is 0 Å². The molecular weight excluding hydrogens is 1050 g/mol. The number of carboxylic acid groups (broad SMARTS) is 1. The molecule has 0 spiro atoms. The van der Waals surface area contributed by atoms with Crippen molar-refractivity contribution in [2.24, 2.45) is 50.2 Å². The van der Waals surface area contributed by atoms with Gasteiger partial charge in [-0.3, -0.25) is 0 Å². The normalized spacial score (nSPS) is 55.3. The first kappa shape index (κ1) is 61.8. The molecule has 0 radical (unpaired) electrons. The Balaban J connectivity index is 1.05. The van der Waals surface area contributed by atoms with E-state index in [1.807, 2.05) is 27.7 Å². The zero-order chi connectivity index (χ0) is 58.2. The number of allylic oxidation sites excluding steroid dienone is 2. The molecule has 31 atom stereocenters. The highest BCUT2D eigenvalue weighted by Crippen LogP contribution is 2.76. The van der Waals surface area contributed by atoms with Crippen LogP contribution in [0.1, 0.15) is 100 Å². The molecule has 25 nitrogen and oxygen atoms in total. The third kappa shape index (κ3) is 9.61. The molecule has 8 fully saturated rings. The van der Waals surface area contributed by atoms with E-state index in [9.17, 15) is 86.5 Å². The van der Waals surface area contributed by atoms with Crippen molar-refractivity contribution in [3.8, 4) is 0 Å². The molecule has 4 saturated heterocycles. The zero-order valence-electron chi connectivity index (χ0n) is 46.1. The summed E-state index contributed by atoms with van der Waals surface area (Å²) in [5.41, 5.74) is -3.17. The van der Waals surface area contributed by atoms with Crippen molar-refractivity contribution in [2.75, 3.05) is 19.8 Å². The molecule has 0 aromatic rings. The molecule has 4 saturated carbocycles. The lowest BCUT2D eigenvalue weighted by Gasteiger charge is -2.72. The molecule has 454 valence electrons. The van der Waals surface area contributed by atoms with Crippen molar-refractivity contribution in [1.82, 2.24) is 0 Å². The number of aliphatic hydroxyl groups excluding tert-OH is 15. The second-order valence-electron chi connectivity index (χ2n) is 26.5. The Morgan fingerprint density at radius 3 is 1.75 bits per heavy atom. The van der Waals surface area contributed by atoms with Crippen molar-refractivity contribution in [3.05, 3.63) is 11.6 Å². The summed E-state index contributed by atoms with van der Waals surface area (Å²) >= 11 is 0. The minimum absolute atomic E-state index is 0.0325. The molecule has 4 aliphatic heterocycles. The molecule has 31 unspecified atom stereocenters.